The molecule has 0 aromatic heterocycles. The predicted octanol–water partition coefficient (Wildman–Crippen LogP) is 0.140. The predicted molar refractivity (Wildman–Crippen MR) is 44.0 cm³/mol. The summed E-state index contributed by atoms with van der Waals surface area (Å²) in [7, 11) is -4.64. The van der Waals surface area contributed by atoms with Gasteiger partial charge in [0.05, 0.1) is 0 Å². The van der Waals surface area contributed by atoms with Gasteiger partial charge in [0.2, 0.25) is 0 Å². The second kappa shape index (κ2) is 7.87. The van der Waals surface area contributed by atoms with Gasteiger partial charge in [0.1, 0.15) is 0 Å². The maximum atomic E-state index is 8.88. The van der Waals surface area contributed by atoms with E-state index in [0.29, 0.717) is 5.69 Å². The van der Waals surface area contributed by atoms with Crippen molar-refractivity contribution in [1.82, 2.24) is 0 Å². The fourth-order valence-electron chi connectivity index (χ4n) is 0.407. The minimum atomic E-state index is -4.64. The summed E-state index contributed by atoms with van der Waals surface area (Å²) in [6, 6.07) is 10.2. The number of rotatable bonds is 0. The molecule has 1 rings (SSSR count). The van der Waals surface area contributed by atoms with E-state index in [9.17, 15) is 0 Å². The van der Waals surface area contributed by atoms with Gasteiger partial charge < -0.3 is 20.4 Å². The largest absolute Gasteiger partial charge is 0.466 e. The van der Waals surface area contributed by atoms with Crippen LogP contribution in [0.25, 0.3) is 0 Å². The van der Waals surface area contributed by atoms with Crippen LogP contribution in [0.4, 0.5) is 5.69 Å². The van der Waals surface area contributed by atoms with Crippen LogP contribution in [0.2, 0.25) is 0 Å². The number of anilines is 1. The third-order valence-corrected chi connectivity index (χ3v) is 0.733. The summed E-state index contributed by atoms with van der Waals surface area (Å²) in [6.07, 6.45) is 0. The monoisotopic (exact) mass is 330 g/mol. The van der Waals surface area contributed by atoms with E-state index in [1.54, 1.807) is 12.1 Å². The first-order valence-corrected chi connectivity index (χ1v) is 4.46. The van der Waals surface area contributed by atoms with E-state index < -0.39 is 7.82 Å². The molecule has 0 aliphatic rings. The molecule has 1 aromatic rings. The molecule has 0 heterocycles. The van der Waals surface area contributed by atoms with Crippen LogP contribution >= 0.6 is 7.82 Å². The van der Waals surface area contributed by atoms with Gasteiger partial charge in [-0.05, 0) is 0 Å². The standard InChI is InChI=1S/C6H6N.Ce.H3O4P/c7-6-4-2-1-3-5-6;;1-5(2,3)4/h1-4H,7H2;;(H3,1,2,3,4)/q-1;;. The van der Waals surface area contributed by atoms with Crippen LogP contribution in [0.3, 0.4) is 0 Å². The molecule has 0 bridgehead atoms. The molecule has 5 nitrogen and oxygen atoms in total. The van der Waals surface area contributed by atoms with Gasteiger partial charge >= 0.3 is 7.82 Å². The molecule has 0 saturated carbocycles. The van der Waals surface area contributed by atoms with Crippen LogP contribution in [-0.2, 0) is 4.57 Å². The molecule has 0 amide bonds. The molecule has 0 aliphatic carbocycles. The fraction of sp³-hybridized carbons (Fsp3) is 0. The van der Waals surface area contributed by atoms with Crippen molar-refractivity contribution < 1.29 is 61.0 Å². The van der Waals surface area contributed by atoms with E-state index in [1.807, 2.05) is 12.1 Å². The number of nitrogens with two attached hydrogens (primary N) is 1. The van der Waals surface area contributed by atoms with Crippen molar-refractivity contribution in [2.24, 2.45) is 0 Å². The number of hydrogen-bond acceptors (Lipinski definition) is 2. The van der Waals surface area contributed by atoms with Crippen molar-refractivity contribution in [2.45, 2.75) is 0 Å². The first-order valence-electron chi connectivity index (χ1n) is 2.90. The van der Waals surface area contributed by atoms with Gasteiger partial charge in [-0.3, -0.25) is 0 Å². The van der Waals surface area contributed by atoms with Crippen molar-refractivity contribution >= 4 is 13.5 Å². The van der Waals surface area contributed by atoms with Crippen molar-refractivity contribution in [3.63, 3.8) is 0 Å². The summed E-state index contributed by atoms with van der Waals surface area (Å²) in [5, 5.41) is 0. The number of para-hydroxylation sites is 1. The Morgan fingerprint density at radius 3 is 1.92 bits per heavy atom. The quantitative estimate of drug-likeness (QED) is 0.308. The average molecular weight is 330 g/mol. The minimum Gasteiger partial charge on any atom is -0.420 e. The number of nitrogen functional groups attached to an aromatic ring is 1. The second-order valence-electron chi connectivity index (χ2n) is 1.83. The van der Waals surface area contributed by atoms with Crippen LogP contribution < -0.4 is 5.73 Å². The minimum absolute atomic E-state index is 0. The van der Waals surface area contributed by atoms with Crippen molar-refractivity contribution in [3.8, 4) is 0 Å². The molecule has 72 valence electrons. The zero-order valence-electron chi connectivity index (χ0n) is 6.58. The van der Waals surface area contributed by atoms with Gasteiger partial charge in [-0.1, -0.05) is 5.69 Å². The summed E-state index contributed by atoms with van der Waals surface area (Å²) in [4.78, 5) is 21.6. The van der Waals surface area contributed by atoms with E-state index in [2.05, 4.69) is 6.07 Å². The Labute approximate surface area is 110 Å². The molecular weight excluding hydrogens is 321 g/mol. The van der Waals surface area contributed by atoms with Crippen LogP contribution in [0.1, 0.15) is 0 Å². The Kier molecular flexibility index (Phi) is 9.66. The van der Waals surface area contributed by atoms with E-state index in [1.165, 1.54) is 0 Å². The molecule has 0 saturated heterocycles. The summed E-state index contributed by atoms with van der Waals surface area (Å²) >= 11 is 0. The molecule has 0 fully saturated rings. The normalized spacial score (nSPS) is 9.15. The van der Waals surface area contributed by atoms with E-state index >= 15 is 0 Å². The Bertz CT molecular complexity index is 254. The molecule has 0 atom stereocenters. The molecule has 13 heavy (non-hydrogen) atoms. The molecule has 7 heteroatoms. The van der Waals surface area contributed by atoms with Gasteiger partial charge in [-0.2, -0.15) is 24.3 Å². The zero-order chi connectivity index (χ0) is 9.61. The molecule has 0 radical (unpaired) electrons. The van der Waals surface area contributed by atoms with Crippen LogP contribution in [-0.4, -0.2) is 14.7 Å². The van der Waals surface area contributed by atoms with Gasteiger partial charge in [-0.25, -0.2) is 4.57 Å². The summed E-state index contributed by atoms with van der Waals surface area (Å²) in [6.45, 7) is 0. The number of benzene rings is 1. The molecule has 0 spiro atoms. The van der Waals surface area contributed by atoms with Crippen LogP contribution in [0.5, 0.6) is 0 Å². The van der Waals surface area contributed by atoms with Gasteiger partial charge in [0.25, 0.3) is 0 Å². The third-order valence-electron chi connectivity index (χ3n) is 0.733. The first kappa shape index (κ1) is 16.0. The first-order chi connectivity index (χ1) is 5.39. The summed E-state index contributed by atoms with van der Waals surface area (Å²) in [5.74, 6) is 0. The Morgan fingerprint density at radius 1 is 1.31 bits per heavy atom. The summed E-state index contributed by atoms with van der Waals surface area (Å²) in [5.41, 5.74) is 6.00. The third kappa shape index (κ3) is 19.1. The zero-order valence-corrected chi connectivity index (χ0v) is 10.6. The molecule has 1 aromatic carbocycles. The molecular formula is C6H9CeNO4P-. The van der Waals surface area contributed by atoms with Gasteiger partial charge in [0.15, 0.2) is 0 Å². The summed E-state index contributed by atoms with van der Waals surface area (Å²) < 4.78 is 8.88. The van der Waals surface area contributed by atoms with Crippen molar-refractivity contribution in [2.75, 3.05) is 5.73 Å². The van der Waals surface area contributed by atoms with Gasteiger partial charge in [-0.15, -0.1) is 6.07 Å². The topological polar surface area (TPSA) is 104 Å². The molecule has 0 aliphatic heterocycles. The average Bonchev–Trinajstić information content (AvgIpc) is 1.85. The van der Waals surface area contributed by atoms with Crippen LogP contribution in [0.15, 0.2) is 24.3 Å². The van der Waals surface area contributed by atoms with Gasteiger partial charge in [0, 0.05) is 41.7 Å². The smallest absolute Gasteiger partial charge is 0.420 e. The van der Waals surface area contributed by atoms with E-state index in [0.717, 1.165) is 0 Å². The molecule has 5 N–H and O–H groups in total. The fourth-order valence-corrected chi connectivity index (χ4v) is 0.407. The Hall–Kier alpha value is 0.507. The van der Waals surface area contributed by atoms with Crippen molar-refractivity contribution in [1.29, 1.82) is 0 Å². The maximum Gasteiger partial charge on any atom is 0.466 e. The van der Waals surface area contributed by atoms with E-state index in [-0.39, 0.29) is 41.7 Å². The second-order valence-corrected chi connectivity index (χ2v) is 2.86. The Balaban J connectivity index is 0. The Morgan fingerprint density at radius 2 is 1.77 bits per heavy atom. The maximum absolute atomic E-state index is 8.88. The van der Waals surface area contributed by atoms with Crippen LogP contribution in [0, 0.1) is 47.8 Å². The van der Waals surface area contributed by atoms with E-state index in [4.69, 9.17) is 25.0 Å². The SMILES string of the molecule is Nc1[c-]cccc1.O=P(O)(O)O.[Ce]. The number of hydrogen-bond donors (Lipinski definition) is 4. The van der Waals surface area contributed by atoms with Crippen molar-refractivity contribution in [3.05, 3.63) is 30.3 Å². The number of phosphoric acid groups is 1. The molecule has 0 unspecified atom stereocenters.